The summed E-state index contributed by atoms with van der Waals surface area (Å²) in [6.07, 6.45) is 0. The summed E-state index contributed by atoms with van der Waals surface area (Å²) in [6.45, 7) is 0. The summed E-state index contributed by atoms with van der Waals surface area (Å²) >= 11 is 0. The van der Waals surface area contributed by atoms with Crippen molar-refractivity contribution in [1.82, 2.24) is 0 Å². The Labute approximate surface area is 178 Å². The Morgan fingerprint density at radius 3 is 1.29 bits per heavy atom. The van der Waals surface area contributed by atoms with Gasteiger partial charge < -0.3 is 9.47 Å². The summed E-state index contributed by atoms with van der Waals surface area (Å²) in [7, 11) is -1.89. The van der Waals surface area contributed by atoms with Crippen LogP contribution < -0.4 is 25.4 Å². The average molecular weight is 410 g/mol. The van der Waals surface area contributed by atoms with Gasteiger partial charge in [0.05, 0.1) is 19.1 Å². The van der Waals surface area contributed by atoms with Crippen molar-refractivity contribution in [3.05, 3.63) is 72.8 Å². The van der Waals surface area contributed by atoms with E-state index in [0.29, 0.717) is 0 Å². The van der Waals surface area contributed by atoms with Gasteiger partial charge in [-0.3, -0.25) is 4.55 Å². The standard InChI is InChI=1S/C20H19O5PS.Li.H/c1-24-15-3-7-17(8-4-15)26(18-9-5-16(25-2)6-10-18)19-11-13-20(14-12-19)27(21,22)23;;/h3-14H,1-2H3,(H,21,22,23);;. The summed E-state index contributed by atoms with van der Waals surface area (Å²) in [6, 6.07) is 22.0. The Kier molecular flexibility index (Phi) is 7.71. The number of hydrogen-bond donors (Lipinski definition) is 1. The quantitative estimate of drug-likeness (QED) is 0.383. The summed E-state index contributed by atoms with van der Waals surface area (Å²) in [5, 5.41) is 3.15. The second-order valence-corrected chi connectivity index (χ2v) is 9.34. The summed E-state index contributed by atoms with van der Waals surface area (Å²) < 4.78 is 42.4. The van der Waals surface area contributed by atoms with Crippen LogP contribution >= 0.6 is 7.92 Å². The summed E-state index contributed by atoms with van der Waals surface area (Å²) in [4.78, 5) is -0.120. The van der Waals surface area contributed by atoms with Gasteiger partial charge in [0.1, 0.15) is 11.5 Å². The molecule has 0 aromatic heterocycles. The fourth-order valence-electron chi connectivity index (χ4n) is 2.68. The van der Waals surface area contributed by atoms with E-state index >= 15 is 0 Å². The molecule has 0 heterocycles. The zero-order chi connectivity index (χ0) is 19.4. The molecular formula is C20H20LiO5PS. The molecular weight excluding hydrogens is 390 g/mol. The Balaban J connectivity index is 0.00000280. The van der Waals surface area contributed by atoms with E-state index in [4.69, 9.17) is 9.47 Å². The van der Waals surface area contributed by atoms with Crippen molar-refractivity contribution >= 4 is 52.8 Å². The normalized spacial score (nSPS) is 11.0. The van der Waals surface area contributed by atoms with Crippen LogP contribution in [-0.4, -0.2) is 46.1 Å². The fourth-order valence-corrected chi connectivity index (χ4v) is 5.39. The van der Waals surface area contributed by atoms with Gasteiger partial charge >= 0.3 is 18.9 Å². The maximum absolute atomic E-state index is 11.3. The number of rotatable bonds is 6. The molecule has 8 heteroatoms. The number of benzene rings is 3. The molecule has 0 aliphatic heterocycles. The average Bonchev–Trinajstić information content (AvgIpc) is 2.69. The van der Waals surface area contributed by atoms with Gasteiger partial charge in [0.25, 0.3) is 10.1 Å². The van der Waals surface area contributed by atoms with Gasteiger partial charge in [-0.05, 0) is 60.2 Å². The SMILES string of the molecule is COc1ccc(P(c2ccc(OC)cc2)c2ccc(S(=O)(=O)O)cc2)cc1.[LiH]. The van der Waals surface area contributed by atoms with Crippen LogP contribution in [0.3, 0.4) is 0 Å². The molecule has 0 atom stereocenters. The molecule has 0 saturated heterocycles. The van der Waals surface area contributed by atoms with Gasteiger partial charge in [-0.25, -0.2) is 0 Å². The minimum atomic E-state index is -4.22. The maximum atomic E-state index is 11.3. The van der Waals surface area contributed by atoms with Crippen molar-refractivity contribution in [2.45, 2.75) is 4.90 Å². The third-order valence-corrected chi connectivity index (χ3v) is 7.37. The van der Waals surface area contributed by atoms with E-state index in [0.717, 1.165) is 27.4 Å². The van der Waals surface area contributed by atoms with Crippen LogP contribution in [0.4, 0.5) is 0 Å². The Hall–Kier alpha value is -1.80. The van der Waals surface area contributed by atoms with Crippen molar-refractivity contribution in [2.75, 3.05) is 14.2 Å². The minimum absolute atomic E-state index is 0. The molecule has 3 aromatic carbocycles. The van der Waals surface area contributed by atoms with Crippen LogP contribution in [0.15, 0.2) is 77.7 Å². The predicted octanol–water partition coefficient (Wildman–Crippen LogP) is 2.06. The second kappa shape index (κ2) is 9.60. The first kappa shape index (κ1) is 22.5. The molecule has 3 aromatic rings. The van der Waals surface area contributed by atoms with Gasteiger partial charge in [0.15, 0.2) is 0 Å². The van der Waals surface area contributed by atoms with Gasteiger partial charge in [-0.15, -0.1) is 0 Å². The van der Waals surface area contributed by atoms with Crippen LogP contribution in [0, 0.1) is 0 Å². The molecule has 0 spiro atoms. The van der Waals surface area contributed by atoms with Crippen molar-refractivity contribution in [3.63, 3.8) is 0 Å². The number of hydrogen-bond acceptors (Lipinski definition) is 4. The monoisotopic (exact) mass is 410 g/mol. The third kappa shape index (κ3) is 5.17. The molecule has 28 heavy (non-hydrogen) atoms. The van der Waals surface area contributed by atoms with Crippen molar-refractivity contribution in [3.8, 4) is 11.5 Å². The topological polar surface area (TPSA) is 72.8 Å². The van der Waals surface area contributed by atoms with E-state index in [-0.39, 0.29) is 23.8 Å². The number of ether oxygens (including phenoxy) is 2. The second-order valence-electron chi connectivity index (χ2n) is 5.70. The summed E-state index contributed by atoms with van der Waals surface area (Å²) in [5.74, 6) is 1.54. The predicted molar refractivity (Wildman–Crippen MR) is 115 cm³/mol. The van der Waals surface area contributed by atoms with Crippen LogP contribution in [0.1, 0.15) is 0 Å². The molecule has 142 valence electrons. The third-order valence-electron chi connectivity index (χ3n) is 4.05. The zero-order valence-corrected chi connectivity index (χ0v) is 16.6. The van der Waals surface area contributed by atoms with Crippen LogP contribution in [0.2, 0.25) is 0 Å². The Morgan fingerprint density at radius 1 is 0.679 bits per heavy atom. The van der Waals surface area contributed by atoms with Crippen molar-refractivity contribution in [2.24, 2.45) is 0 Å². The molecule has 0 bridgehead atoms. The van der Waals surface area contributed by atoms with Crippen LogP contribution in [0.25, 0.3) is 0 Å². The molecule has 5 nitrogen and oxygen atoms in total. The first-order valence-corrected chi connectivity index (χ1v) is 10.9. The summed E-state index contributed by atoms with van der Waals surface area (Å²) in [5.41, 5.74) is 0. The fraction of sp³-hybridized carbons (Fsp3) is 0.100. The van der Waals surface area contributed by atoms with E-state index in [1.165, 1.54) is 12.1 Å². The molecule has 0 amide bonds. The Bertz CT molecular complexity index is 956. The van der Waals surface area contributed by atoms with Crippen LogP contribution in [-0.2, 0) is 10.1 Å². The molecule has 0 unspecified atom stereocenters. The van der Waals surface area contributed by atoms with Crippen LogP contribution in [0.5, 0.6) is 11.5 Å². The van der Waals surface area contributed by atoms with E-state index in [1.807, 2.05) is 48.5 Å². The first-order chi connectivity index (χ1) is 12.9. The number of methoxy groups -OCH3 is 2. The van der Waals surface area contributed by atoms with E-state index in [1.54, 1.807) is 26.4 Å². The van der Waals surface area contributed by atoms with Gasteiger partial charge in [0.2, 0.25) is 0 Å². The van der Waals surface area contributed by atoms with E-state index in [2.05, 4.69) is 0 Å². The van der Waals surface area contributed by atoms with Crippen molar-refractivity contribution in [1.29, 1.82) is 0 Å². The molecule has 0 aliphatic rings. The Morgan fingerprint density at radius 2 is 1.00 bits per heavy atom. The zero-order valence-electron chi connectivity index (χ0n) is 14.9. The van der Waals surface area contributed by atoms with E-state index < -0.39 is 18.0 Å². The van der Waals surface area contributed by atoms with Crippen molar-refractivity contribution < 1.29 is 22.4 Å². The molecule has 0 fully saturated rings. The first-order valence-electron chi connectivity index (χ1n) is 8.08. The van der Waals surface area contributed by atoms with Gasteiger partial charge in [-0.2, -0.15) is 8.42 Å². The van der Waals surface area contributed by atoms with Gasteiger partial charge in [-0.1, -0.05) is 36.4 Å². The van der Waals surface area contributed by atoms with E-state index in [9.17, 15) is 13.0 Å². The molecule has 0 saturated carbocycles. The molecule has 3 rings (SSSR count). The van der Waals surface area contributed by atoms with Gasteiger partial charge in [0, 0.05) is 0 Å². The molecule has 0 aliphatic carbocycles. The molecule has 1 N–H and O–H groups in total. The molecule has 0 radical (unpaired) electrons.